The highest BCUT2D eigenvalue weighted by atomic mass is 35.5. The van der Waals surface area contributed by atoms with E-state index < -0.39 is 10.0 Å². The van der Waals surface area contributed by atoms with Crippen molar-refractivity contribution in [2.75, 3.05) is 11.3 Å². The van der Waals surface area contributed by atoms with Crippen LogP contribution >= 0.6 is 22.9 Å². The van der Waals surface area contributed by atoms with Crippen LogP contribution in [0, 0.1) is 11.3 Å². The molecular weight excluding hydrogens is 500 g/mol. The number of benzene rings is 2. The first-order valence-corrected chi connectivity index (χ1v) is 12.6. The second-order valence-electron chi connectivity index (χ2n) is 6.70. The molecule has 0 unspecified atom stereocenters. The Morgan fingerprint density at radius 3 is 2.79 bits per heavy atom. The summed E-state index contributed by atoms with van der Waals surface area (Å²) in [5.74, 6) is 0.542. The number of nitrogens with zero attached hydrogens (tertiary/aromatic N) is 5. The van der Waals surface area contributed by atoms with Crippen LogP contribution in [-0.2, 0) is 21.5 Å². The van der Waals surface area contributed by atoms with Crippen molar-refractivity contribution in [3.63, 3.8) is 0 Å². The summed E-state index contributed by atoms with van der Waals surface area (Å²) >= 11 is 7.36. The molecule has 10 nitrogen and oxygen atoms in total. The van der Waals surface area contributed by atoms with Crippen LogP contribution in [0.1, 0.15) is 12.5 Å². The quantitative estimate of drug-likeness (QED) is 0.343. The Bertz CT molecular complexity index is 1450. The fourth-order valence-corrected chi connectivity index (χ4v) is 4.94. The van der Waals surface area contributed by atoms with Crippen LogP contribution < -0.4 is 9.46 Å². The maximum Gasteiger partial charge on any atom is 0.263 e. The number of hydrogen-bond donors (Lipinski definition) is 1. The van der Waals surface area contributed by atoms with Gasteiger partial charge in [-0.15, -0.1) is 16.4 Å². The Balaban J connectivity index is 1.67. The van der Waals surface area contributed by atoms with Crippen LogP contribution in [0.2, 0.25) is 5.02 Å². The van der Waals surface area contributed by atoms with Gasteiger partial charge in [-0.3, -0.25) is 4.72 Å². The summed E-state index contributed by atoms with van der Waals surface area (Å²) < 4.78 is 40.7. The first-order valence-electron chi connectivity index (χ1n) is 9.81. The van der Waals surface area contributed by atoms with E-state index in [0.717, 1.165) is 11.3 Å². The average molecular weight is 517 g/mol. The molecule has 0 radical (unpaired) electrons. The zero-order valence-electron chi connectivity index (χ0n) is 17.7. The molecule has 4 rings (SSSR count). The molecule has 1 N–H and O–H groups in total. The number of rotatable bonds is 9. The van der Waals surface area contributed by atoms with Crippen LogP contribution in [0.5, 0.6) is 11.5 Å². The van der Waals surface area contributed by atoms with E-state index >= 15 is 0 Å². The monoisotopic (exact) mass is 516 g/mol. The highest BCUT2D eigenvalue weighted by Gasteiger charge is 2.20. The minimum atomic E-state index is -3.93. The van der Waals surface area contributed by atoms with Crippen LogP contribution in [0.3, 0.4) is 0 Å². The number of thiazole rings is 1. The van der Waals surface area contributed by atoms with Gasteiger partial charge in [-0.2, -0.15) is 5.26 Å². The average Bonchev–Trinajstić information content (AvgIpc) is 3.50. The predicted molar refractivity (Wildman–Crippen MR) is 126 cm³/mol. The van der Waals surface area contributed by atoms with Crippen LogP contribution in [0.4, 0.5) is 5.13 Å². The molecule has 34 heavy (non-hydrogen) atoms. The Morgan fingerprint density at radius 2 is 2.06 bits per heavy atom. The van der Waals surface area contributed by atoms with Crippen molar-refractivity contribution in [2.45, 2.75) is 18.6 Å². The Labute approximate surface area is 204 Å². The van der Waals surface area contributed by atoms with Gasteiger partial charge >= 0.3 is 0 Å². The van der Waals surface area contributed by atoms with Gasteiger partial charge in [-0.1, -0.05) is 16.8 Å². The summed E-state index contributed by atoms with van der Waals surface area (Å²) in [5, 5.41) is 20.0. The van der Waals surface area contributed by atoms with E-state index in [9.17, 15) is 13.7 Å². The van der Waals surface area contributed by atoms with Crippen molar-refractivity contribution in [2.24, 2.45) is 0 Å². The highest BCUT2D eigenvalue weighted by Crippen LogP contribution is 2.37. The largest absolute Gasteiger partial charge is 0.455 e. The van der Waals surface area contributed by atoms with E-state index in [1.54, 1.807) is 34.5 Å². The van der Waals surface area contributed by atoms with Gasteiger partial charge in [-0.05, 0) is 43.3 Å². The molecule has 0 amide bonds. The third kappa shape index (κ3) is 5.18. The lowest BCUT2D eigenvalue weighted by molar-refractivity contribution is 0.0790. The van der Waals surface area contributed by atoms with Gasteiger partial charge in [0, 0.05) is 28.8 Å². The van der Waals surface area contributed by atoms with Crippen molar-refractivity contribution in [3.8, 4) is 28.8 Å². The number of nitrogens with one attached hydrogen (secondary N) is 1. The molecule has 0 spiro atoms. The summed E-state index contributed by atoms with van der Waals surface area (Å²) in [7, 11) is -3.93. The molecular formula is C21H17ClN6O4S2. The van der Waals surface area contributed by atoms with Gasteiger partial charge < -0.3 is 9.47 Å². The summed E-state index contributed by atoms with van der Waals surface area (Å²) in [4.78, 5) is 3.82. The second kappa shape index (κ2) is 10.2. The predicted octanol–water partition coefficient (Wildman–Crippen LogP) is 4.51. The van der Waals surface area contributed by atoms with E-state index in [1.165, 1.54) is 24.4 Å². The van der Waals surface area contributed by atoms with Crippen molar-refractivity contribution < 1.29 is 17.9 Å². The third-order valence-electron chi connectivity index (χ3n) is 4.51. The number of aromatic nitrogens is 4. The number of ether oxygens (including phenoxy) is 2. The van der Waals surface area contributed by atoms with Crippen LogP contribution in [0.25, 0.3) is 11.3 Å². The number of sulfonamides is 1. The topological polar surface area (TPSA) is 132 Å². The summed E-state index contributed by atoms with van der Waals surface area (Å²) in [6, 6.07) is 11.0. The molecule has 0 fully saturated rings. The fourth-order valence-electron chi connectivity index (χ4n) is 2.95. The molecule has 174 valence electrons. The van der Waals surface area contributed by atoms with E-state index in [1.807, 2.05) is 13.0 Å². The molecule has 0 aliphatic carbocycles. The van der Waals surface area contributed by atoms with Crippen LogP contribution in [-0.4, -0.2) is 35.0 Å². The first kappa shape index (κ1) is 23.7. The van der Waals surface area contributed by atoms with E-state index in [2.05, 4.69) is 20.0 Å². The standard InChI is InChI=1S/C21H17ClN6O4S2/c1-2-31-13-28-18(12-25-27-28)17-10-15(22)3-5-20(17)32-19-6-4-16(9-14(19)11-23)34(29,30)26-21-24-7-8-33-21/h3-10,12H,2,13H2,1H3,(H,24,26). The van der Waals surface area contributed by atoms with Gasteiger partial charge in [0.25, 0.3) is 10.0 Å². The third-order valence-corrected chi connectivity index (χ3v) is 6.90. The van der Waals surface area contributed by atoms with Gasteiger partial charge in [0.05, 0.1) is 22.3 Å². The lowest BCUT2D eigenvalue weighted by Crippen LogP contribution is -2.13. The zero-order valence-corrected chi connectivity index (χ0v) is 20.1. The molecule has 2 aromatic carbocycles. The molecule has 0 aliphatic heterocycles. The Hall–Kier alpha value is -3.50. The minimum Gasteiger partial charge on any atom is -0.455 e. The molecule has 4 aromatic rings. The Morgan fingerprint density at radius 1 is 1.24 bits per heavy atom. The molecule has 0 bridgehead atoms. The molecule has 0 saturated heterocycles. The maximum absolute atomic E-state index is 12.7. The molecule has 13 heteroatoms. The van der Waals surface area contributed by atoms with Gasteiger partial charge in [0.15, 0.2) is 5.13 Å². The number of halogens is 1. The van der Waals surface area contributed by atoms with Crippen molar-refractivity contribution in [1.29, 1.82) is 5.26 Å². The normalized spacial score (nSPS) is 11.2. The molecule has 0 atom stereocenters. The zero-order chi connectivity index (χ0) is 24.1. The molecule has 0 saturated carbocycles. The number of hydrogen-bond acceptors (Lipinski definition) is 9. The van der Waals surface area contributed by atoms with Crippen molar-refractivity contribution in [3.05, 3.63) is 64.8 Å². The summed E-state index contributed by atoms with van der Waals surface area (Å²) in [6.45, 7) is 2.54. The molecule has 0 aliphatic rings. The lowest BCUT2D eigenvalue weighted by atomic mass is 10.1. The van der Waals surface area contributed by atoms with E-state index in [4.69, 9.17) is 21.1 Å². The van der Waals surface area contributed by atoms with Gasteiger partial charge in [-0.25, -0.2) is 18.1 Å². The molecule has 2 heterocycles. The SMILES string of the molecule is CCOCn1nncc1-c1cc(Cl)ccc1Oc1ccc(S(=O)(=O)Nc2nccs2)cc1C#N. The smallest absolute Gasteiger partial charge is 0.263 e. The van der Waals surface area contributed by atoms with Crippen molar-refractivity contribution >= 4 is 38.1 Å². The fraction of sp³-hybridized carbons (Fsp3) is 0.143. The van der Waals surface area contributed by atoms with Crippen molar-refractivity contribution in [1.82, 2.24) is 20.0 Å². The lowest BCUT2D eigenvalue weighted by Gasteiger charge is -2.14. The molecule has 2 aromatic heterocycles. The Kier molecular flexibility index (Phi) is 7.09. The second-order valence-corrected chi connectivity index (χ2v) is 9.71. The first-order chi connectivity index (χ1) is 16.4. The van der Waals surface area contributed by atoms with Crippen LogP contribution in [0.15, 0.2) is 59.1 Å². The van der Waals surface area contributed by atoms with E-state index in [-0.39, 0.29) is 28.1 Å². The number of anilines is 1. The minimum absolute atomic E-state index is 0.0314. The maximum atomic E-state index is 12.7. The summed E-state index contributed by atoms with van der Waals surface area (Å²) in [6.07, 6.45) is 3.03. The number of nitriles is 1. The van der Waals surface area contributed by atoms with Gasteiger partial charge in [0.2, 0.25) is 0 Å². The van der Waals surface area contributed by atoms with Gasteiger partial charge in [0.1, 0.15) is 24.3 Å². The summed E-state index contributed by atoms with van der Waals surface area (Å²) in [5.41, 5.74) is 1.20. The highest BCUT2D eigenvalue weighted by molar-refractivity contribution is 7.93. The van der Waals surface area contributed by atoms with E-state index in [0.29, 0.717) is 28.6 Å².